The highest BCUT2D eigenvalue weighted by Gasteiger charge is 2.38. The SMILES string of the molecule is CC1(C)c2ccccc2-c2ccc(N(c3cccc(-c4ccccc4)c3)c3cc4c(cc3-c3ccc(-c5ccccc5)cc3)-c3ccccc3C4(C)C)cc21. The third-order valence-corrected chi connectivity index (χ3v) is 12.3. The van der Waals surface area contributed by atoms with E-state index in [1.165, 1.54) is 83.6 Å². The van der Waals surface area contributed by atoms with Gasteiger partial charge in [0.25, 0.3) is 0 Å². The summed E-state index contributed by atoms with van der Waals surface area (Å²) < 4.78 is 0. The normalized spacial score (nSPS) is 14.1. The Morgan fingerprint density at radius 2 is 0.764 bits per heavy atom. The van der Waals surface area contributed by atoms with Gasteiger partial charge in [-0.15, -0.1) is 0 Å². The van der Waals surface area contributed by atoms with Crippen LogP contribution in [0.1, 0.15) is 49.9 Å². The van der Waals surface area contributed by atoms with E-state index in [1.54, 1.807) is 0 Å². The van der Waals surface area contributed by atoms with Gasteiger partial charge in [-0.05, 0) is 109 Å². The summed E-state index contributed by atoms with van der Waals surface area (Å²) in [6.45, 7) is 9.50. The van der Waals surface area contributed by atoms with Gasteiger partial charge in [0.15, 0.2) is 0 Å². The summed E-state index contributed by atoms with van der Waals surface area (Å²) in [5.41, 5.74) is 21.2. The summed E-state index contributed by atoms with van der Waals surface area (Å²) >= 11 is 0. The number of hydrogen-bond acceptors (Lipinski definition) is 1. The molecule has 8 aromatic rings. The third-order valence-electron chi connectivity index (χ3n) is 12.3. The molecule has 2 aliphatic carbocycles. The van der Waals surface area contributed by atoms with E-state index in [2.05, 4.69) is 221 Å². The van der Waals surface area contributed by atoms with Gasteiger partial charge in [0.05, 0.1) is 5.69 Å². The highest BCUT2D eigenvalue weighted by molar-refractivity contribution is 5.96. The predicted molar refractivity (Wildman–Crippen MR) is 233 cm³/mol. The van der Waals surface area contributed by atoms with Crippen molar-refractivity contribution in [3.05, 3.63) is 210 Å². The van der Waals surface area contributed by atoms with Crippen molar-refractivity contribution in [2.75, 3.05) is 4.90 Å². The number of fused-ring (bicyclic) bond motifs is 6. The second kappa shape index (κ2) is 12.6. The zero-order valence-electron chi connectivity index (χ0n) is 31.8. The Kier molecular flexibility index (Phi) is 7.58. The molecule has 8 aromatic carbocycles. The maximum absolute atomic E-state index is 2.52. The molecule has 0 saturated carbocycles. The molecular formula is C54H43N. The van der Waals surface area contributed by atoms with E-state index >= 15 is 0 Å². The van der Waals surface area contributed by atoms with Crippen LogP contribution >= 0.6 is 0 Å². The van der Waals surface area contributed by atoms with Gasteiger partial charge in [0, 0.05) is 27.8 Å². The lowest BCUT2D eigenvalue weighted by Crippen LogP contribution is -2.18. The number of anilines is 3. The van der Waals surface area contributed by atoms with Crippen molar-refractivity contribution < 1.29 is 0 Å². The molecule has 0 amide bonds. The van der Waals surface area contributed by atoms with Crippen LogP contribution in [-0.2, 0) is 10.8 Å². The molecule has 0 unspecified atom stereocenters. The zero-order valence-corrected chi connectivity index (χ0v) is 31.8. The largest absolute Gasteiger partial charge is 0.310 e. The van der Waals surface area contributed by atoms with E-state index in [-0.39, 0.29) is 10.8 Å². The van der Waals surface area contributed by atoms with Crippen molar-refractivity contribution in [2.45, 2.75) is 38.5 Å². The van der Waals surface area contributed by atoms with Gasteiger partial charge in [-0.2, -0.15) is 0 Å². The van der Waals surface area contributed by atoms with E-state index in [0.717, 1.165) is 11.4 Å². The van der Waals surface area contributed by atoms with Crippen LogP contribution in [0.4, 0.5) is 17.1 Å². The second-order valence-electron chi connectivity index (χ2n) is 16.2. The van der Waals surface area contributed by atoms with Crippen LogP contribution in [0.3, 0.4) is 0 Å². The Bertz CT molecular complexity index is 2740. The molecule has 2 aliphatic rings. The molecule has 0 aliphatic heterocycles. The lowest BCUT2D eigenvalue weighted by atomic mass is 9.81. The zero-order chi connectivity index (χ0) is 37.3. The van der Waals surface area contributed by atoms with Gasteiger partial charge < -0.3 is 4.90 Å². The van der Waals surface area contributed by atoms with Gasteiger partial charge >= 0.3 is 0 Å². The van der Waals surface area contributed by atoms with Crippen LogP contribution in [0.15, 0.2) is 188 Å². The lowest BCUT2D eigenvalue weighted by Gasteiger charge is -2.32. The first-order valence-corrected chi connectivity index (χ1v) is 19.4. The average Bonchev–Trinajstić information content (AvgIpc) is 3.60. The summed E-state index contributed by atoms with van der Waals surface area (Å²) in [4.78, 5) is 2.52. The van der Waals surface area contributed by atoms with E-state index < -0.39 is 0 Å². The Balaban J connectivity index is 1.24. The topological polar surface area (TPSA) is 3.24 Å². The van der Waals surface area contributed by atoms with Crippen LogP contribution in [0.25, 0.3) is 55.6 Å². The van der Waals surface area contributed by atoms with Gasteiger partial charge in [0.2, 0.25) is 0 Å². The highest BCUT2D eigenvalue weighted by atomic mass is 15.1. The van der Waals surface area contributed by atoms with E-state index in [4.69, 9.17) is 0 Å². The Morgan fingerprint density at radius 1 is 0.291 bits per heavy atom. The number of rotatable bonds is 6. The monoisotopic (exact) mass is 705 g/mol. The van der Waals surface area contributed by atoms with Gasteiger partial charge in [-0.3, -0.25) is 0 Å². The molecule has 55 heavy (non-hydrogen) atoms. The van der Waals surface area contributed by atoms with Crippen LogP contribution < -0.4 is 4.90 Å². The standard InChI is InChI=1S/C54H43N/c1-53(2)48-24-13-11-22-43(48)45-31-30-42(33-50(45)53)55(41-21-15-20-40(32-41)37-18-9-6-10-19-37)52-35-51-47(44-23-12-14-25-49(44)54(51,3)4)34-46(52)39-28-26-38(27-29-39)36-16-7-5-8-17-36/h5-35H,1-4H3. The van der Waals surface area contributed by atoms with Crippen LogP contribution in [0.5, 0.6) is 0 Å². The summed E-state index contributed by atoms with van der Waals surface area (Å²) in [5.74, 6) is 0. The van der Waals surface area contributed by atoms with E-state index in [9.17, 15) is 0 Å². The van der Waals surface area contributed by atoms with Crippen molar-refractivity contribution in [1.82, 2.24) is 0 Å². The van der Waals surface area contributed by atoms with Crippen molar-refractivity contribution in [2.24, 2.45) is 0 Å². The predicted octanol–water partition coefficient (Wildman–Crippen LogP) is 14.8. The fraction of sp³-hybridized carbons (Fsp3) is 0.111. The Labute approximate surface area is 325 Å². The fourth-order valence-electron chi connectivity index (χ4n) is 9.34. The Morgan fingerprint density at radius 3 is 1.42 bits per heavy atom. The minimum Gasteiger partial charge on any atom is -0.310 e. The molecule has 0 N–H and O–H groups in total. The van der Waals surface area contributed by atoms with Gasteiger partial charge in [-0.1, -0.05) is 179 Å². The minimum absolute atomic E-state index is 0.128. The first-order valence-electron chi connectivity index (χ1n) is 19.4. The maximum atomic E-state index is 2.52. The molecule has 0 atom stereocenters. The van der Waals surface area contributed by atoms with Crippen molar-refractivity contribution in [1.29, 1.82) is 0 Å². The van der Waals surface area contributed by atoms with E-state index in [1.807, 2.05) is 0 Å². The molecule has 0 aromatic heterocycles. The molecule has 1 heteroatoms. The van der Waals surface area contributed by atoms with Crippen molar-refractivity contribution >= 4 is 17.1 Å². The van der Waals surface area contributed by atoms with Crippen LogP contribution in [0.2, 0.25) is 0 Å². The molecule has 0 fully saturated rings. The summed E-state index contributed by atoms with van der Waals surface area (Å²) in [5, 5.41) is 0. The fourth-order valence-corrected chi connectivity index (χ4v) is 9.34. The van der Waals surface area contributed by atoms with Crippen LogP contribution in [-0.4, -0.2) is 0 Å². The number of nitrogens with zero attached hydrogens (tertiary/aromatic N) is 1. The first kappa shape index (κ1) is 33.2. The van der Waals surface area contributed by atoms with Gasteiger partial charge in [0.1, 0.15) is 0 Å². The van der Waals surface area contributed by atoms with Crippen molar-refractivity contribution in [3.8, 4) is 55.6 Å². The number of benzene rings is 8. The third kappa shape index (κ3) is 5.29. The maximum Gasteiger partial charge on any atom is 0.0543 e. The second-order valence-corrected chi connectivity index (χ2v) is 16.2. The van der Waals surface area contributed by atoms with E-state index in [0.29, 0.717) is 0 Å². The number of hydrogen-bond donors (Lipinski definition) is 0. The van der Waals surface area contributed by atoms with Gasteiger partial charge in [-0.25, -0.2) is 0 Å². The molecule has 0 saturated heterocycles. The smallest absolute Gasteiger partial charge is 0.0543 e. The minimum atomic E-state index is -0.157. The average molecular weight is 706 g/mol. The summed E-state index contributed by atoms with van der Waals surface area (Å²) in [6, 6.07) is 69.6. The highest BCUT2D eigenvalue weighted by Crippen LogP contribution is 2.55. The molecule has 1 nitrogen and oxygen atoms in total. The molecular weight excluding hydrogens is 663 g/mol. The Hall–Kier alpha value is -6.44. The molecule has 0 radical (unpaired) electrons. The molecule has 0 bridgehead atoms. The molecule has 0 heterocycles. The van der Waals surface area contributed by atoms with Crippen molar-refractivity contribution in [3.63, 3.8) is 0 Å². The quantitative estimate of drug-likeness (QED) is 0.166. The first-order chi connectivity index (χ1) is 26.8. The molecule has 0 spiro atoms. The molecule has 10 rings (SSSR count). The summed E-state index contributed by atoms with van der Waals surface area (Å²) in [7, 11) is 0. The lowest BCUT2D eigenvalue weighted by molar-refractivity contribution is 0.660. The van der Waals surface area contributed by atoms with Crippen LogP contribution in [0, 0.1) is 0 Å². The summed E-state index contributed by atoms with van der Waals surface area (Å²) in [6.07, 6.45) is 0. The molecule has 264 valence electrons.